The Morgan fingerprint density at radius 1 is 1.42 bits per heavy atom. The van der Waals surface area contributed by atoms with Crippen LogP contribution in [0.15, 0.2) is 24.3 Å². The van der Waals surface area contributed by atoms with E-state index in [0.29, 0.717) is 25.3 Å². The molecule has 0 saturated carbocycles. The van der Waals surface area contributed by atoms with Gasteiger partial charge in [-0.15, -0.1) is 0 Å². The van der Waals surface area contributed by atoms with E-state index in [1.165, 1.54) is 13.2 Å². The molecule has 106 valence electrons. The molecule has 3 nitrogen and oxygen atoms in total. The highest BCUT2D eigenvalue weighted by molar-refractivity contribution is 5.32. The smallest absolute Gasteiger partial charge is 0.382 e. The van der Waals surface area contributed by atoms with E-state index in [1.807, 2.05) is 0 Å². The van der Waals surface area contributed by atoms with Crippen LogP contribution in [0.25, 0.3) is 0 Å². The molecule has 19 heavy (non-hydrogen) atoms. The summed E-state index contributed by atoms with van der Waals surface area (Å²) in [6.45, 7) is 1.68. The standard InChI is InChI=1S/C13H16F3NO2/c1-18-8-12(9-19-6-5-17-12)10-3-2-4-11(7-10)13(14,15)16/h2-4,7,17H,5-6,8-9H2,1H3. The summed E-state index contributed by atoms with van der Waals surface area (Å²) < 4.78 is 48.8. The van der Waals surface area contributed by atoms with Crippen LogP contribution < -0.4 is 5.32 Å². The monoisotopic (exact) mass is 275 g/mol. The highest BCUT2D eigenvalue weighted by Crippen LogP contribution is 2.33. The van der Waals surface area contributed by atoms with Crippen molar-refractivity contribution in [1.29, 1.82) is 0 Å². The zero-order chi connectivity index (χ0) is 13.9. The van der Waals surface area contributed by atoms with Gasteiger partial charge >= 0.3 is 6.18 Å². The third kappa shape index (κ3) is 3.08. The zero-order valence-corrected chi connectivity index (χ0v) is 10.6. The summed E-state index contributed by atoms with van der Waals surface area (Å²) >= 11 is 0. The van der Waals surface area contributed by atoms with Gasteiger partial charge in [0.25, 0.3) is 0 Å². The third-order valence-electron chi connectivity index (χ3n) is 3.19. The van der Waals surface area contributed by atoms with Crippen molar-refractivity contribution in [2.75, 3.05) is 33.5 Å². The minimum absolute atomic E-state index is 0.258. The van der Waals surface area contributed by atoms with Gasteiger partial charge in [0.2, 0.25) is 0 Å². The maximum absolute atomic E-state index is 12.8. The van der Waals surface area contributed by atoms with E-state index in [9.17, 15) is 13.2 Å². The lowest BCUT2D eigenvalue weighted by Crippen LogP contribution is -2.54. The van der Waals surface area contributed by atoms with E-state index in [0.717, 1.165) is 12.1 Å². The van der Waals surface area contributed by atoms with Gasteiger partial charge in [-0.25, -0.2) is 0 Å². The lowest BCUT2D eigenvalue weighted by Gasteiger charge is -2.38. The van der Waals surface area contributed by atoms with Crippen molar-refractivity contribution in [2.24, 2.45) is 0 Å². The van der Waals surface area contributed by atoms with Crippen LogP contribution in [0, 0.1) is 0 Å². The number of halogens is 3. The number of methoxy groups -OCH3 is 1. The highest BCUT2D eigenvalue weighted by Gasteiger charge is 2.37. The van der Waals surface area contributed by atoms with Crippen molar-refractivity contribution in [3.8, 4) is 0 Å². The van der Waals surface area contributed by atoms with Crippen molar-refractivity contribution < 1.29 is 22.6 Å². The van der Waals surface area contributed by atoms with Gasteiger partial charge in [0.15, 0.2) is 0 Å². The van der Waals surface area contributed by atoms with Gasteiger partial charge in [0.05, 0.1) is 30.9 Å². The highest BCUT2D eigenvalue weighted by atomic mass is 19.4. The third-order valence-corrected chi connectivity index (χ3v) is 3.19. The predicted octanol–water partition coefficient (Wildman–Crippen LogP) is 2.17. The van der Waals surface area contributed by atoms with E-state index in [4.69, 9.17) is 9.47 Å². The maximum Gasteiger partial charge on any atom is 0.416 e. The Morgan fingerprint density at radius 2 is 2.21 bits per heavy atom. The summed E-state index contributed by atoms with van der Waals surface area (Å²) in [7, 11) is 1.52. The SMILES string of the molecule is COCC1(c2cccc(C(F)(F)F)c2)COCCN1. The molecule has 1 fully saturated rings. The lowest BCUT2D eigenvalue weighted by atomic mass is 9.89. The first-order valence-electron chi connectivity index (χ1n) is 5.97. The molecule has 0 amide bonds. The molecule has 0 aliphatic carbocycles. The Labute approximate surface area is 109 Å². The lowest BCUT2D eigenvalue weighted by molar-refractivity contribution is -0.137. The largest absolute Gasteiger partial charge is 0.416 e. The van der Waals surface area contributed by atoms with Gasteiger partial charge in [-0.3, -0.25) is 0 Å². The van der Waals surface area contributed by atoms with Crippen LogP contribution in [-0.2, 0) is 21.2 Å². The summed E-state index contributed by atoms with van der Waals surface area (Å²) in [5.74, 6) is 0. The number of rotatable bonds is 3. The predicted molar refractivity (Wildman–Crippen MR) is 63.8 cm³/mol. The first-order chi connectivity index (χ1) is 8.98. The van der Waals surface area contributed by atoms with Crippen molar-refractivity contribution in [3.63, 3.8) is 0 Å². The fourth-order valence-corrected chi connectivity index (χ4v) is 2.26. The van der Waals surface area contributed by atoms with E-state index in [2.05, 4.69) is 5.32 Å². The molecule has 1 unspecified atom stereocenters. The molecule has 0 radical (unpaired) electrons. The van der Waals surface area contributed by atoms with Crippen LogP contribution in [0.1, 0.15) is 11.1 Å². The molecular formula is C13H16F3NO2. The Hall–Kier alpha value is -1.11. The molecular weight excluding hydrogens is 259 g/mol. The normalized spacial score (nSPS) is 24.4. The van der Waals surface area contributed by atoms with Gasteiger partial charge in [0.1, 0.15) is 0 Å². The number of nitrogens with one attached hydrogen (secondary N) is 1. The van der Waals surface area contributed by atoms with Gasteiger partial charge in [-0.1, -0.05) is 12.1 Å². The molecule has 0 bridgehead atoms. The van der Waals surface area contributed by atoms with Gasteiger partial charge in [0, 0.05) is 13.7 Å². The zero-order valence-electron chi connectivity index (χ0n) is 10.6. The molecule has 1 heterocycles. The Morgan fingerprint density at radius 3 is 2.79 bits per heavy atom. The van der Waals surface area contributed by atoms with Crippen LogP contribution >= 0.6 is 0 Å². The van der Waals surface area contributed by atoms with E-state index >= 15 is 0 Å². The summed E-state index contributed by atoms with van der Waals surface area (Å²) in [6, 6.07) is 5.29. The minimum Gasteiger partial charge on any atom is -0.382 e. The van der Waals surface area contributed by atoms with E-state index in [-0.39, 0.29) is 6.61 Å². The molecule has 1 aromatic rings. The molecule has 6 heteroatoms. The van der Waals surface area contributed by atoms with Crippen LogP contribution in [0.2, 0.25) is 0 Å². The molecule has 1 N–H and O–H groups in total. The second kappa shape index (κ2) is 5.48. The molecule has 2 rings (SSSR count). The fraction of sp³-hybridized carbons (Fsp3) is 0.538. The molecule has 1 atom stereocenters. The van der Waals surface area contributed by atoms with Crippen molar-refractivity contribution in [2.45, 2.75) is 11.7 Å². The molecule has 0 aromatic heterocycles. The summed E-state index contributed by atoms with van der Waals surface area (Å²) in [5, 5.41) is 3.21. The Bertz CT molecular complexity index is 423. The summed E-state index contributed by atoms with van der Waals surface area (Å²) in [5.41, 5.74) is -0.842. The molecule has 1 aromatic carbocycles. The second-order valence-electron chi connectivity index (χ2n) is 4.57. The Kier molecular flexibility index (Phi) is 4.13. The fourth-order valence-electron chi connectivity index (χ4n) is 2.26. The number of alkyl halides is 3. The average Bonchev–Trinajstić information content (AvgIpc) is 2.39. The average molecular weight is 275 g/mol. The molecule has 1 aliphatic heterocycles. The van der Waals surface area contributed by atoms with Gasteiger partial charge < -0.3 is 14.8 Å². The number of ether oxygens (including phenoxy) is 2. The van der Waals surface area contributed by atoms with Crippen LogP contribution in [0.3, 0.4) is 0 Å². The van der Waals surface area contributed by atoms with E-state index < -0.39 is 17.3 Å². The minimum atomic E-state index is -4.35. The molecule has 1 aliphatic rings. The van der Waals surface area contributed by atoms with Gasteiger partial charge in [-0.05, 0) is 17.7 Å². The Balaban J connectivity index is 2.36. The quantitative estimate of drug-likeness (QED) is 0.917. The van der Waals surface area contributed by atoms with Gasteiger partial charge in [-0.2, -0.15) is 13.2 Å². The second-order valence-corrected chi connectivity index (χ2v) is 4.57. The topological polar surface area (TPSA) is 30.5 Å². The van der Waals surface area contributed by atoms with Crippen LogP contribution in [0.5, 0.6) is 0 Å². The first kappa shape index (κ1) is 14.3. The van der Waals surface area contributed by atoms with Crippen LogP contribution in [0.4, 0.5) is 13.2 Å². The number of hydrogen-bond acceptors (Lipinski definition) is 3. The van der Waals surface area contributed by atoms with Crippen LogP contribution in [-0.4, -0.2) is 33.5 Å². The molecule has 0 spiro atoms. The van der Waals surface area contributed by atoms with Crippen molar-refractivity contribution >= 4 is 0 Å². The van der Waals surface area contributed by atoms with E-state index in [1.54, 1.807) is 6.07 Å². The van der Waals surface area contributed by atoms with Crippen molar-refractivity contribution in [1.82, 2.24) is 5.32 Å². The van der Waals surface area contributed by atoms with Crippen molar-refractivity contribution in [3.05, 3.63) is 35.4 Å². The number of benzene rings is 1. The summed E-state index contributed by atoms with van der Waals surface area (Å²) in [6.07, 6.45) is -4.35. The molecule has 1 saturated heterocycles. The summed E-state index contributed by atoms with van der Waals surface area (Å²) in [4.78, 5) is 0. The maximum atomic E-state index is 12.8. The number of hydrogen-bond donors (Lipinski definition) is 1. The first-order valence-corrected chi connectivity index (χ1v) is 5.97. The number of morpholine rings is 1.